The molecule has 7 heteroatoms. The van der Waals surface area contributed by atoms with Gasteiger partial charge in [0.2, 0.25) is 0 Å². The topological polar surface area (TPSA) is 59.3 Å². The molecule has 19 heavy (non-hydrogen) atoms. The lowest BCUT2D eigenvalue weighted by Crippen LogP contribution is -2.18. The molecule has 0 aliphatic carbocycles. The Morgan fingerprint density at radius 1 is 1.42 bits per heavy atom. The molecular weight excluding hydrogens is 263 g/mol. The van der Waals surface area contributed by atoms with E-state index in [2.05, 4.69) is 4.74 Å². The molecule has 0 heterocycles. The standard InChI is InChI=1S/C12H10F3NO3/c1-3-18-11(17)8-4-5-10(19-12(13,14)15)9(6-16)7(8)2/h4-5H,3H2,1-2H3. The van der Waals surface area contributed by atoms with E-state index in [1.165, 1.54) is 6.92 Å². The lowest BCUT2D eigenvalue weighted by molar-refractivity contribution is -0.274. The lowest BCUT2D eigenvalue weighted by Gasteiger charge is -2.13. The minimum absolute atomic E-state index is 0.0351. The first kappa shape index (κ1) is 14.8. The van der Waals surface area contributed by atoms with E-state index in [1.54, 1.807) is 13.0 Å². The fourth-order valence-electron chi connectivity index (χ4n) is 1.47. The smallest absolute Gasteiger partial charge is 0.462 e. The van der Waals surface area contributed by atoms with Gasteiger partial charge in [-0.25, -0.2) is 4.79 Å². The molecule has 0 spiro atoms. The van der Waals surface area contributed by atoms with Crippen molar-refractivity contribution in [1.82, 2.24) is 0 Å². The molecule has 0 aliphatic heterocycles. The third kappa shape index (κ3) is 3.61. The van der Waals surface area contributed by atoms with Crippen molar-refractivity contribution in [2.45, 2.75) is 20.2 Å². The number of benzene rings is 1. The maximum absolute atomic E-state index is 12.1. The summed E-state index contributed by atoms with van der Waals surface area (Å²) in [4.78, 5) is 11.5. The highest BCUT2D eigenvalue weighted by Gasteiger charge is 2.33. The summed E-state index contributed by atoms with van der Waals surface area (Å²) in [6.07, 6.45) is -4.90. The van der Waals surface area contributed by atoms with E-state index in [0.29, 0.717) is 0 Å². The van der Waals surface area contributed by atoms with Gasteiger partial charge >= 0.3 is 12.3 Å². The van der Waals surface area contributed by atoms with Crippen LogP contribution in [-0.2, 0) is 4.74 Å². The molecule has 0 aliphatic rings. The van der Waals surface area contributed by atoms with Crippen LogP contribution in [0.15, 0.2) is 12.1 Å². The van der Waals surface area contributed by atoms with Crippen molar-refractivity contribution in [2.24, 2.45) is 0 Å². The highest BCUT2D eigenvalue weighted by molar-refractivity contribution is 5.92. The first-order chi connectivity index (χ1) is 8.80. The number of nitrogens with zero attached hydrogens (tertiary/aromatic N) is 1. The molecule has 0 bridgehead atoms. The Balaban J connectivity index is 3.24. The van der Waals surface area contributed by atoms with Crippen LogP contribution in [-0.4, -0.2) is 18.9 Å². The van der Waals surface area contributed by atoms with Gasteiger partial charge in [-0.05, 0) is 31.5 Å². The van der Waals surface area contributed by atoms with E-state index in [0.717, 1.165) is 12.1 Å². The largest absolute Gasteiger partial charge is 0.573 e. The zero-order valence-electron chi connectivity index (χ0n) is 10.2. The predicted molar refractivity (Wildman–Crippen MR) is 58.5 cm³/mol. The van der Waals surface area contributed by atoms with E-state index >= 15 is 0 Å². The van der Waals surface area contributed by atoms with E-state index in [9.17, 15) is 18.0 Å². The third-order valence-electron chi connectivity index (χ3n) is 2.26. The van der Waals surface area contributed by atoms with Crippen LogP contribution in [0.1, 0.15) is 28.4 Å². The summed E-state index contributed by atoms with van der Waals surface area (Å²) in [5.74, 6) is -1.34. The van der Waals surface area contributed by atoms with Crippen LogP contribution in [0.25, 0.3) is 0 Å². The fourth-order valence-corrected chi connectivity index (χ4v) is 1.47. The number of rotatable bonds is 3. The fraction of sp³-hybridized carbons (Fsp3) is 0.333. The minimum Gasteiger partial charge on any atom is -0.462 e. The van der Waals surface area contributed by atoms with Crippen molar-refractivity contribution in [2.75, 3.05) is 6.61 Å². The molecule has 1 aromatic rings. The van der Waals surface area contributed by atoms with Crippen LogP contribution in [0.2, 0.25) is 0 Å². The van der Waals surface area contributed by atoms with Crippen LogP contribution in [0.3, 0.4) is 0 Å². The van der Waals surface area contributed by atoms with Crippen molar-refractivity contribution in [3.05, 3.63) is 28.8 Å². The zero-order valence-corrected chi connectivity index (χ0v) is 10.2. The molecule has 0 radical (unpaired) electrons. The van der Waals surface area contributed by atoms with Crippen molar-refractivity contribution in [1.29, 1.82) is 5.26 Å². The van der Waals surface area contributed by atoms with Gasteiger partial charge in [0.1, 0.15) is 11.8 Å². The molecule has 0 saturated carbocycles. The van der Waals surface area contributed by atoms with E-state index in [-0.39, 0.29) is 23.3 Å². The summed E-state index contributed by atoms with van der Waals surface area (Å²) >= 11 is 0. The molecule has 0 N–H and O–H groups in total. The Morgan fingerprint density at radius 2 is 2.05 bits per heavy atom. The van der Waals surface area contributed by atoms with Crippen LogP contribution >= 0.6 is 0 Å². The first-order valence-corrected chi connectivity index (χ1v) is 5.26. The monoisotopic (exact) mass is 273 g/mol. The number of carbonyl (C=O) groups excluding carboxylic acids is 1. The van der Waals surface area contributed by atoms with Gasteiger partial charge in [-0.1, -0.05) is 0 Å². The number of esters is 1. The number of halogens is 3. The zero-order chi connectivity index (χ0) is 14.6. The second-order valence-electron chi connectivity index (χ2n) is 3.49. The van der Waals surface area contributed by atoms with Crippen molar-refractivity contribution < 1.29 is 27.4 Å². The van der Waals surface area contributed by atoms with Gasteiger partial charge in [-0.15, -0.1) is 13.2 Å². The Kier molecular flexibility index (Phi) is 4.38. The van der Waals surface area contributed by atoms with Crippen molar-refractivity contribution in [3.8, 4) is 11.8 Å². The van der Waals surface area contributed by atoms with Gasteiger partial charge in [0.25, 0.3) is 0 Å². The number of alkyl halides is 3. The number of hydrogen-bond acceptors (Lipinski definition) is 4. The number of carbonyl (C=O) groups is 1. The summed E-state index contributed by atoms with van der Waals surface area (Å²) in [6, 6.07) is 3.65. The molecule has 0 aromatic heterocycles. The van der Waals surface area contributed by atoms with Crippen LogP contribution < -0.4 is 4.74 Å². The Labute approximate surface area is 107 Å². The Hall–Kier alpha value is -2.23. The molecule has 1 rings (SSSR count). The Bertz CT molecular complexity index is 532. The van der Waals surface area contributed by atoms with Gasteiger partial charge in [-0.3, -0.25) is 0 Å². The summed E-state index contributed by atoms with van der Waals surface area (Å²) < 4.78 is 44.9. The first-order valence-electron chi connectivity index (χ1n) is 5.26. The Morgan fingerprint density at radius 3 is 2.53 bits per heavy atom. The van der Waals surface area contributed by atoms with Gasteiger partial charge in [-0.2, -0.15) is 5.26 Å². The number of nitriles is 1. The van der Waals surface area contributed by atoms with Crippen LogP contribution in [0.5, 0.6) is 5.75 Å². The SMILES string of the molecule is CCOC(=O)c1ccc(OC(F)(F)F)c(C#N)c1C. The minimum atomic E-state index is -4.90. The summed E-state index contributed by atoms with van der Waals surface area (Å²) in [6.45, 7) is 3.08. The summed E-state index contributed by atoms with van der Waals surface area (Å²) in [5.41, 5.74) is -0.224. The van der Waals surface area contributed by atoms with Crippen molar-refractivity contribution >= 4 is 5.97 Å². The molecule has 102 valence electrons. The van der Waals surface area contributed by atoms with Crippen molar-refractivity contribution in [3.63, 3.8) is 0 Å². The summed E-state index contributed by atoms with van der Waals surface area (Å²) in [5, 5.41) is 8.88. The second kappa shape index (κ2) is 5.61. The average molecular weight is 273 g/mol. The summed E-state index contributed by atoms with van der Waals surface area (Å²) in [7, 11) is 0. The number of hydrogen-bond donors (Lipinski definition) is 0. The molecule has 0 fully saturated rings. The van der Waals surface area contributed by atoms with Gasteiger partial charge in [0.05, 0.1) is 17.7 Å². The molecule has 0 amide bonds. The lowest BCUT2D eigenvalue weighted by atomic mass is 10.0. The normalized spacial score (nSPS) is 10.7. The third-order valence-corrected chi connectivity index (χ3v) is 2.26. The quantitative estimate of drug-likeness (QED) is 0.794. The molecule has 1 aromatic carbocycles. The molecule has 0 atom stereocenters. The van der Waals surface area contributed by atoms with Gasteiger partial charge in [0, 0.05) is 0 Å². The predicted octanol–water partition coefficient (Wildman–Crippen LogP) is 2.94. The number of ether oxygens (including phenoxy) is 2. The average Bonchev–Trinajstić information content (AvgIpc) is 2.27. The molecule has 0 unspecified atom stereocenters. The highest BCUT2D eigenvalue weighted by atomic mass is 19.4. The molecule has 0 saturated heterocycles. The molecule has 4 nitrogen and oxygen atoms in total. The van der Waals surface area contributed by atoms with Gasteiger partial charge < -0.3 is 9.47 Å². The van der Waals surface area contributed by atoms with Gasteiger partial charge in [0.15, 0.2) is 0 Å². The maximum Gasteiger partial charge on any atom is 0.573 e. The van der Waals surface area contributed by atoms with Crippen LogP contribution in [0.4, 0.5) is 13.2 Å². The maximum atomic E-state index is 12.1. The highest BCUT2D eigenvalue weighted by Crippen LogP contribution is 2.29. The second-order valence-corrected chi connectivity index (χ2v) is 3.49. The molecular formula is C12H10F3NO3. The van der Waals surface area contributed by atoms with E-state index in [1.807, 2.05) is 0 Å². The van der Waals surface area contributed by atoms with E-state index in [4.69, 9.17) is 10.00 Å². The van der Waals surface area contributed by atoms with E-state index < -0.39 is 18.1 Å². The van der Waals surface area contributed by atoms with Crippen LogP contribution in [0, 0.1) is 18.3 Å².